The van der Waals surface area contributed by atoms with Crippen LogP contribution in [0.3, 0.4) is 0 Å². The molecule has 2 nitrogen and oxygen atoms in total. The number of rotatable bonds is 6. The molecule has 0 heterocycles. The van der Waals surface area contributed by atoms with E-state index in [9.17, 15) is 10.2 Å². The van der Waals surface area contributed by atoms with Gasteiger partial charge in [-0.25, -0.2) is 0 Å². The van der Waals surface area contributed by atoms with Crippen molar-refractivity contribution >= 4 is 0 Å². The van der Waals surface area contributed by atoms with E-state index in [0.29, 0.717) is 5.56 Å². The normalized spacial score (nSPS) is 21.0. The number of hydrogen-bond donors (Lipinski definition) is 2. The highest BCUT2D eigenvalue weighted by Gasteiger charge is 2.29. The van der Waals surface area contributed by atoms with Crippen molar-refractivity contribution in [3.63, 3.8) is 0 Å². The van der Waals surface area contributed by atoms with Crippen LogP contribution in [-0.2, 0) is 6.42 Å². The average Bonchev–Trinajstić information content (AvgIpc) is 2.50. The van der Waals surface area contributed by atoms with Crippen LogP contribution in [0.4, 0.5) is 0 Å². The van der Waals surface area contributed by atoms with Crippen molar-refractivity contribution in [3.8, 4) is 11.5 Å². The Kier molecular flexibility index (Phi) is 5.70. The Labute approximate surface area is 134 Å². The minimum absolute atomic E-state index is 0.0253. The van der Waals surface area contributed by atoms with E-state index in [1.165, 1.54) is 0 Å². The summed E-state index contributed by atoms with van der Waals surface area (Å²) in [4.78, 5) is 0. The molecule has 0 bridgehead atoms. The molecule has 2 N–H and O–H groups in total. The summed E-state index contributed by atoms with van der Waals surface area (Å²) in [5, 5.41) is 21.0. The van der Waals surface area contributed by atoms with Gasteiger partial charge in [-0.15, -0.1) is 0 Å². The van der Waals surface area contributed by atoms with E-state index in [1.807, 2.05) is 13.0 Å². The molecule has 0 amide bonds. The lowest BCUT2D eigenvalue weighted by Crippen LogP contribution is -2.15. The van der Waals surface area contributed by atoms with Crippen LogP contribution in [0, 0.1) is 5.92 Å². The van der Waals surface area contributed by atoms with E-state index in [1.54, 1.807) is 6.07 Å². The van der Waals surface area contributed by atoms with Gasteiger partial charge in [0, 0.05) is 11.5 Å². The predicted octanol–water partition coefficient (Wildman–Crippen LogP) is 5.46. The van der Waals surface area contributed by atoms with E-state index < -0.39 is 0 Å². The number of phenolic OH excluding ortho intramolecular Hbond substituents is 2. The number of allylic oxidation sites excluding steroid dienone is 3. The van der Waals surface area contributed by atoms with Crippen LogP contribution in [0.25, 0.3) is 0 Å². The lowest BCUT2D eigenvalue weighted by atomic mass is 9.75. The highest BCUT2D eigenvalue weighted by atomic mass is 16.3. The number of aromatic hydroxyl groups is 2. The molecule has 2 atom stereocenters. The molecule has 120 valence electrons. The van der Waals surface area contributed by atoms with Crippen LogP contribution in [0.5, 0.6) is 11.5 Å². The van der Waals surface area contributed by atoms with Gasteiger partial charge in [-0.1, -0.05) is 50.1 Å². The zero-order valence-electron chi connectivity index (χ0n) is 13.8. The van der Waals surface area contributed by atoms with Gasteiger partial charge in [0.05, 0.1) is 0 Å². The Bertz CT molecular complexity index is 557. The first-order chi connectivity index (χ1) is 10.6. The van der Waals surface area contributed by atoms with Crippen molar-refractivity contribution in [1.82, 2.24) is 0 Å². The molecule has 2 heteroatoms. The Balaban J connectivity index is 2.36. The Morgan fingerprint density at radius 3 is 2.73 bits per heavy atom. The zero-order chi connectivity index (χ0) is 16.1. The smallest absolute Gasteiger partial charge is 0.126 e. The van der Waals surface area contributed by atoms with Crippen molar-refractivity contribution in [2.75, 3.05) is 0 Å². The highest BCUT2D eigenvalue weighted by molar-refractivity contribution is 5.53. The number of hydrogen-bond acceptors (Lipinski definition) is 2. The maximum atomic E-state index is 10.7. The van der Waals surface area contributed by atoms with Crippen molar-refractivity contribution in [1.29, 1.82) is 0 Å². The van der Waals surface area contributed by atoms with E-state index in [0.717, 1.165) is 49.7 Å². The summed E-state index contributed by atoms with van der Waals surface area (Å²) in [5.41, 5.74) is 2.74. The van der Waals surface area contributed by atoms with E-state index in [4.69, 9.17) is 0 Å². The third-order valence-corrected chi connectivity index (χ3v) is 4.71. The average molecular weight is 300 g/mol. The SMILES string of the molecule is C=C(C)C1CCC=CC1c1c(O)ccc(CCCCC)c1O. The summed E-state index contributed by atoms with van der Waals surface area (Å²) in [6, 6.07) is 3.58. The largest absolute Gasteiger partial charge is 0.508 e. The monoisotopic (exact) mass is 300 g/mol. The quantitative estimate of drug-likeness (QED) is 0.541. The van der Waals surface area contributed by atoms with Crippen molar-refractivity contribution in [2.45, 2.75) is 58.3 Å². The van der Waals surface area contributed by atoms with Gasteiger partial charge < -0.3 is 10.2 Å². The third-order valence-electron chi connectivity index (χ3n) is 4.71. The molecule has 0 fully saturated rings. The molecule has 2 rings (SSSR count). The summed E-state index contributed by atoms with van der Waals surface area (Å²) in [6.07, 6.45) is 10.6. The van der Waals surface area contributed by atoms with Gasteiger partial charge in [0.2, 0.25) is 0 Å². The van der Waals surface area contributed by atoms with Crippen LogP contribution in [0.1, 0.15) is 63.0 Å². The van der Waals surface area contributed by atoms with Crippen LogP contribution < -0.4 is 0 Å². The lowest BCUT2D eigenvalue weighted by molar-refractivity contribution is 0.405. The van der Waals surface area contributed by atoms with Crippen molar-refractivity contribution in [2.24, 2.45) is 5.92 Å². The fourth-order valence-electron chi connectivity index (χ4n) is 3.42. The maximum Gasteiger partial charge on any atom is 0.126 e. The maximum absolute atomic E-state index is 10.7. The van der Waals surface area contributed by atoms with Gasteiger partial charge in [-0.05, 0) is 50.2 Å². The summed E-state index contributed by atoms with van der Waals surface area (Å²) in [7, 11) is 0. The first-order valence-corrected chi connectivity index (χ1v) is 8.42. The Morgan fingerprint density at radius 2 is 2.05 bits per heavy atom. The van der Waals surface area contributed by atoms with E-state index in [2.05, 4.69) is 25.7 Å². The van der Waals surface area contributed by atoms with Crippen molar-refractivity contribution < 1.29 is 10.2 Å². The van der Waals surface area contributed by atoms with Crippen molar-refractivity contribution in [3.05, 3.63) is 47.6 Å². The summed E-state index contributed by atoms with van der Waals surface area (Å²) in [6.45, 7) is 8.31. The van der Waals surface area contributed by atoms with E-state index >= 15 is 0 Å². The number of phenols is 2. The third kappa shape index (κ3) is 3.55. The summed E-state index contributed by atoms with van der Waals surface area (Å²) in [5.74, 6) is 0.781. The number of aryl methyl sites for hydroxylation is 1. The molecular formula is C20H28O2. The standard InChI is InChI=1S/C20H28O2/c1-4-5-6-9-15-12-13-18(21)19(20(15)22)17-11-8-7-10-16(17)14(2)3/h8,11-13,16-17,21-22H,2,4-7,9-10H2,1,3H3. The number of unbranched alkanes of at least 4 members (excludes halogenated alkanes) is 2. The van der Waals surface area contributed by atoms with E-state index in [-0.39, 0.29) is 23.3 Å². The molecular weight excluding hydrogens is 272 g/mol. The predicted molar refractivity (Wildman–Crippen MR) is 92.4 cm³/mol. The molecule has 0 saturated heterocycles. The van der Waals surface area contributed by atoms with Crippen LogP contribution in [-0.4, -0.2) is 10.2 Å². The topological polar surface area (TPSA) is 40.5 Å². The lowest BCUT2D eigenvalue weighted by Gasteiger charge is -2.30. The second-order valence-electron chi connectivity index (χ2n) is 6.45. The minimum Gasteiger partial charge on any atom is -0.508 e. The van der Waals surface area contributed by atoms with Crippen LogP contribution in [0.15, 0.2) is 36.4 Å². The van der Waals surface area contributed by atoms with Gasteiger partial charge >= 0.3 is 0 Å². The highest BCUT2D eigenvalue weighted by Crippen LogP contribution is 2.45. The summed E-state index contributed by atoms with van der Waals surface area (Å²) >= 11 is 0. The molecule has 0 aromatic heterocycles. The van der Waals surface area contributed by atoms with Gasteiger partial charge in [-0.2, -0.15) is 0 Å². The molecule has 2 unspecified atom stereocenters. The second kappa shape index (κ2) is 7.53. The molecule has 0 radical (unpaired) electrons. The fraction of sp³-hybridized carbons (Fsp3) is 0.500. The molecule has 1 aliphatic rings. The molecule has 22 heavy (non-hydrogen) atoms. The van der Waals surface area contributed by atoms with Gasteiger partial charge in [0.25, 0.3) is 0 Å². The second-order valence-corrected chi connectivity index (χ2v) is 6.45. The fourth-order valence-corrected chi connectivity index (χ4v) is 3.42. The Morgan fingerprint density at radius 1 is 1.27 bits per heavy atom. The van der Waals surface area contributed by atoms with Gasteiger partial charge in [0.15, 0.2) is 0 Å². The van der Waals surface area contributed by atoms with Gasteiger partial charge in [0.1, 0.15) is 11.5 Å². The molecule has 1 aromatic carbocycles. The van der Waals surface area contributed by atoms with Crippen LogP contribution in [0.2, 0.25) is 0 Å². The van der Waals surface area contributed by atoms with Gasteiger partial charge in [-0.3, -0.25) is 0 Å². The van der Waals surface area contributed by atoms with Crippen LogP contribution >= 0.6 is 0 Å². The Hall–Kier alpha value is -1.70. The molecule has 1 aromatic rings. The minimum atomic E-state index is 0.0253. The zero-order valence-corrected chi connectivity index (χ0v) is 13.8. The molecule has 1 aliphatic carbocycles. The first kappa shape index (κ1) is 16.7. The molecule has 0 spiro atoms. The summed E-state index contributed by atoms with van der Waals surface area (Å²) < 4.78 is 0. The number of benzene rings is 1. The molecule has 0 saturated carbocycles. The molecule has 0 aliphatic heterocycles. The first-order valence-electron chi connectivity index (χ1n) is 8.42.